The molecule has 0 unspecified atom stereocenters. The Morgan fingerprint density at radius 1 is 0.917 bits per heavy atom. The lowest BCUT2D eigenvalue weighted by molar-refractivity contribution is -0.137. The quantitative estimate of drug-likeness (QED) is 0.366. The molecule has 36 heavy (non-hydrogen) atoms. The van der Waals surface area contributed by atoms with Gasteiger partial charge < -0.3 is 15.4 Å². The van der Waals surface area contributed by atoms with Crippen molar-refractivity contribution in [2.45, 2.75) is 18.0 Å². The van der Waals surface area contributed by atoms with Crippen molar-refractivity contribution in [3.8, 4) is 5.75 Å². The molecule has 3 aromatic rings. The number of amides is 2. The van der Waals surface area contributed by atoms with E-state index in [-0.39, 0.29) is 27.3 Å². The Hall–Kier alpha value is -3.77. The van der Waals surface area contributed by atoms with Gasteiger partial charge in [-0.15, -0.1) is 0 Å². The first-order valence-electron chi connectivity index (χ1n) is 10.1. The van der Waals surface area contributed by atoms with Crippen LogP contribution in [0.25, 0.3) is 0 Å². The van der Waals surface area contributed by atoms with Crippen LogP contribution in [-0.2, 0) is 25.8 Å². The maximum Gasteiger partial charge on any atom is 0.416 e. The summed E-state index contributed by atoms with van der Waals surface area (Å²) in [6.07, 6.45) is -4.63. The lowest BCUT2D eigenvalue weighted by Gasteiger charge is -2.13. The molecule has 0 bridgehead atoms. The van der Waals surface area contributed by atoms with Crippen LogP contribution < -0.4 is 20.1 Å². The fraction of sp³-hybridized carbons (Fsp3) is 0.130. The molecule has 8 nitrogen and oxygen atoms in total. The monoisotopic (exact) mass is 541 g/mol. The van der Waals surface area contributed by atoms with E-state index in [0.717, 1.165) is 24.3 Å². The zero-order chi connectivity index (χ0) is 26.5. The van der Waals surface area contributed by atoms with Gasteiger partial charge in [0.1, 0.15) is 5.75 Å². The van der Waals surface area contributed by atoms with Gasteiger partial charge in [0.25, 0.3) is 15.9 Å². The topological polar surface area (TPSA) is 114 Å². The third-order valence-corrected chi connectivity index (χ3v) is 6.16. The molecule has 13 heteroatoms. The van der Waals surface area contributed by atoms with Crippen LogP contribution in [0.1, 0.15) is 12.5 Å². The second kappa shape index (κ2) is 10.9. The first-order valence-corrected chi connectivity index (χ1v) is 12.0. The third-order valence-electron chi connectivity index (χ3n) is 4.48. The molecule has 0 radical (unpaired) electrons. The molecular weight excluding hydrogens is 523 g/mol. The van der Waals surface area contributed by atoms with Crippen molar-refractivity contribution in [2.24, 2.45) is 0 Å². The number of hydrogen-bond acceptors (Lipinski definition) is 5. The van der Waals surface area contributed by atoms with Crippen LogP contribution in [0.3, 0.4) is 0 Å². The van der Waals surface area contributed by atoms with Crippen LogP contribution in [-0.4, -0.2) is 26.8 Å². The predicted molar refractivity (Wildman–Crippen MR) is 129 cm³/mol. The molecule has 2 amide bonds. The second-order valence-corrected chi connectivity index (χ2v) is 9.46. The summed E-state index contributed by atoms with van der Waals surface area (Å²) in [6, 6.07) is 13.5. The van der Waals surface area contributed by atoms with Crippen LogP contribution in [0.4, 0.5) is 30.2 Å². The molecule has 0 saturated heterocycles. The lowest BCUT2D eigenvalue weighted by atomic mass is 10.2. The number of alkyl halides is 3. The Kier molecular flexibility index (Phi) is 8.10. The highest BCUT2D eigenvalue weighted by atomic mass is 35.5. The highest BCUT2D eigenvalue weighted by Crippen LogP contribution is 2.32. The van der Waals surface area contributed by atoms with Crippen molar-refractivity contribution in [3.05, 3.63) is 77.3 Å². The van der Waals surface area contributed by atoms with Gasteiger partial charge in [0.15, 0.2) is 6.61 Å². The molecular formula is C23H19ClF3N3O5S. The minimum atomic E-state index is -4.63. The number of rotatable bonds is 8. The van der Waals surface area contributed by atoms with Crippen molar-refractivity contribution in [2.75, 3.05) is 22.0 Å². The van der Waals surface area contributed by atoms with Gasteiger partial charge in [-0.3, -0.25) is 14.3 Å². The number of nitrogens with one attached hydrogen (secondary N) is 3. The van der Waals surface area contributed by atoms with E-state index in [1.807, 2.05) is 0 Å². The Morgan fingerprint density at radius 2 is 1.56 bits per heavy atom. The van der Waals surface area contributed by atoms with Crippen molar-refractivity contribution < 1.29 is 35.9 Å². The highest BCUT2D eigenvalue weighted by molar-refractivity contribution is 7.92. The summed E-state index contributed by atoms with van der Waals surface area (Å²) in [5.41, 5.74) is -0.395. The van der Waals surface area contributed by atoms with Gasteiger partial charge in [-0.25, -0.2) is 8.42 Å². The van der Waals surface area contributed by atoms with E-state index >= 15 is 0 Å². The van der Waals surface area contributed by atoms with Gasteiger partial charge >= 0.3 is 6.18 Å². The van der Waals surface area contributed by atoms with E-state index in [2.05, 4.69) is 15.4 Å². The standard InChI is InChI=1S/C23H19ClF3N3O5S/c1-14(31)28-16-5-3-6-17(11-16)29-22(32)13-35-21-9-8-19(12-20(21)24)36(33,34)30-18-7-2-4-15(10-18)23(25,26)27/h2-12,30H,13H2,1H3,(H,28,31)(H,29,32). The van der Waals surface area contributed by atoms with Crippen molar-refractivity contribution in [1.29, 1.82) is 0 Å². The number of carbonyl (C=O) groups excluding carboxylic acids is 2. The largest absolute Gasteiger partial charge is 0.482 e. The highest BCUT2D eigenvalue weighted by Gasteiger charge is 2.30. The lowest BCUT2D eigenvalue weighted by Crippen LogP contribution is -2.20. The number of ether oxygens (including phenoxy) is 1. The Morgan fingerprint density at radius 3 is 2.19 bits per heavy atom. The summed E-state index contributed by atoms with van der Waals surface area (Å²) in [5, 5.41) is 5.02. The molecule has 3 aromatic carbocycles. The number of hydrogen-bond donors (Lipinski definition) is 3. The Balaban J connectivity index is 1.64. The van der Waals surface area contributed by atoms with Crippen LogP contribution >= 0.6 is 11.6 Å². The first-order chi connectivity index (χ1) is 16.8. The van der Waals surface area contributed by atoms with Crippen molar-refractivity contribution in [3.63, 3.8) is 0 Å². The first kappa shape index (κ1) is 26.8. The maximum absolute atomic E-state index is 12.9. The molecule has 0 aliphatic heterocycles. The van der Waals surface area contributed by atoms with E-state index in [1.165, 1.54) is 19.1 Å². The minimum absolute atomic E-state index is 0.0110. The molecule has 0 aliphatic carbocycles. The van der Waals surface area contributed by atoms with Gasteiger partial charge in [-0.2, -0.15) is 13.2 Å². The molecule has 0 atom stereocenters. The molecule has 0 aliphatic rings. The average Bonchev–Trinajstić information content (AvgIpc) is 2.77. The SMILES string of the molecule is CC(=O)Nc1cccc(NC(=O)COc2ccc(S(=O)(=O)Nc3cccc(C(F)(F)F)c3)cc2Cl)c1. The van der Waals surface area contributed by atoms with Gasteiger partial charge in [-0.05, 0) is 54.6 Å². The minimum Gasteiger partial charge on any atom is -0.482 e. The molecule has 0 aromatic heterocycles. The smallest absolute Gasteiger partial charge is 0.416 e. The third kappa shape index (κ3) is 7.36. The summed E-state index contributed by atoms with van der Waals surface area (Å²) >= 11 is 6.10. The van der Waals surface area contributed by atoms with E-state index in [0.29, 0.717) is 17.4 Å². The molecule has 0 heterocycles. The van der Waals surface area contributed by atoms with E-state index in [1.54, 1.807) is 24.3 Å². The van der Waals surface area contributed by atoms with Crippen LogP contribution in [0.15, 0.2) is 71.6 Å². The van der Waals surface area contributed by atoms with Crippen molar-refractivity contribution >= 4 is 50.5 Å². The van der Waals surface area contributed by atoms with Gasteiger partial charge in [-0.1, -0.05) is 23.7 Å². The normalized spacial score (nSPS) is 11.5. The van der Waals surface area contributed by atoms with E-state index in [4.69, 9.17) is 16.3 Å². The summed E-state index contributed by atoms with van der Waals surface area (Å²) in [4.78, 5) is 23.0. The zero-order valence-electron chi connectivity index (χ0n) is 18.5. The van der Waals surface area contributed by atoms with Gasteiger partial charge in [0, 0.05) is 24.0 Å². The Bertz CT molecular complexity index is 1400. The summed E-state index contributed by atoms with van der Waals surface area (Å²) in [6.45, 7) is 0.888. The van der Waals surface area contributed by atoms with E-state index < -0.39 is 34.3 Å². The number of benzene rings is 3. The summed E-state index contributed by atoms with van der Waals surface area (Å²) in [7, 11) is -4.27. The fourth-order valence-corrected chi connectivity index (χ4v) is 4.33. The predicted octanol–water partition coefficient (Wildman–Crippen LogP) is 5.14. The molecule has 0 saturated carbocycles. The summed E-state index contributed by atoms with van der Waals surface area (Å²) in [5.74, 6) is -0.808. The molecule has 0 spiro atoms. The number of sulfonamides is 1. The molecule has 0 fully saturated rings. The van der Waals surface area contributed by atoms with Gasteiger partial charge in [0.05, 0.1) is 15.5 Å². The van der Waals surface area contributed by atoms with Gasteiger partial charge in [0.2, 0.25) is 5.91 Å². The fourth-order valence-electron chi connectivity index (χ4n) is 2.96. The number of anilines is 3. The van der Waals surface area contributed by atoms with Crippen molar-refractivity contribution in [1.82, 2.24) is 0 Å². The summed E-state index contributed by atoms with van der Waals surface area (Å²) < 4.78 is 71.3. The van der Waals surface area contributed by atoms with Crippen LogP contribution in [0, 0.1) is 0 Å². The average molecular weight is 542 g/mol. The Labute approximate surface area is 209 Å². The molecule has 3 rings (SSSR count). The molecule has 3 N–H and O–H groups in total. The second-order valence-electron chi connectivity index (χ2n) is 7.38. The molecule has 190 valence electrons. The number of carbonyl (C=O) groups is 2. The zero-order valence-corrected chi connectivity index (χ0v) is 20.1. The maximum atomic E-state index is 12.9. The van der Waals surface area contributed by atoms with E-state index in [9.17, 15) is 31.2 Å². The van der Waals surface area contributed by atoms with Crippen LogP contribution in [0.5, 0.6) is 5.75 Å². The van der Waals surface area contributed by atoms with Crippen LogP contribution in [0.2, 0.25) is 5.02 Å². The number of halogens is 4.